The van der Waals surface area contributed by atoms with Gasteiger partial charge in [0.1, 0.15) is 0 Å². The van der Waals surface area contributed by atoms with Crippen LogP contribution in [0.1, 0.15) is 17.3 Å². The van der Waals surface area contributed by atoms with E-state index in [-0.39, 0.29) is 18.6 Å². The fraction of sp³-hybridized carbons (Fsp3) is 0.300. The van der Waals surface area contributed by atoms with Crippen molar-refractivity contribution in [2.45, 2.75) is 13.0 Å². The molecule has 14 heavy (non-hydrogen) atoms. The van der Waals surface area contributed by atoms with Crippen molar-refractivity contribution < 1.29 is 9.90 Å². The van der Waals surface area contributed by atoms with Crippen molar-refractivity contribution in [2.24, 2.45) is 0 Å². The Bertz CT molecular complexity index is 328. The average Bonchev–Trinajstić information content (AvgIpc) is 2.18. The van der Waals surface area contributed by atoms with Crippen LogP contribution in [0.5, 0.6) is 0 Å². The average molecular weight is 214 g/mol. The molecular formula is C10H12ClNO2. The van der Waals surface area contributed by atoms with Crippen LogP contribution < -0.4 is 5.32 Å². The molecule has 1 aromatic carbocycles. The lowest BCUT2D eigenvalue weighted by molar-refractivity contribution is 0.0922. The van der Waals surface area contributed by atoms with Gasteiger partial charge in [-0.1, -0.05) is 23.7 Å². The molecule has 1 atom stereocenters. The Kier molecular flexibility index (Phi) is 3.92. The molecule has 76 valence electrons. The fourth-order valence-electron chi connectivity index (χ4n) is 0.993. The standard InChI is InChI=1S/C10H12ClNO2/c1-7(6-13)12-10(14)8-4-2-3-5-9(8)11/h2-5,7,13H,6H2,1H3,(H,12,14)/t7-/m0/s1. The molecule has 0 saturated carbocycles. The smallest absolute Gasteiger partial charge is 0.253 e. The quantitative estimate of drug-likeness (QED) is 0.799. The van der Waals surface area contributed by atoms with Crippen molar-refractivity contribution in [1.82, 2.24) is 5.32 Å². The molecule has 0 bridgehead atoms. The highest BCUT2D eigenvalue weighted by Gasteiger charge is 2.11. The molecular weight excluding hydrogens is 202 g/mol. The van der Waals surface area contributed by atoms with E-state index >= 15 is 0 Å². The lowest BCUT2D eigenvalue weighted by Crippen LogP contribution is -2.35. The minimum absolute atomic E-state index is 0.0871. The molecule has 0 radical (unpaired) electrons. The molecule has 0 aliphatic carbocycles. The number of rotatable bonds is 3. The van der Waals surface area contributed by atoms with Crippen LogP contribution in [0, 0.1) is 0 Å². The first-order chi connectivity index (χ1) is 6.65. The van der Waals surface area contributed by atoms with Crippen LogP contribution in [0.4, 0.5) is 0 Å². The van der Waals surface area contributed by atoms with E-state index in [1.807, 2.05) is 0 Å². The summed E-state index contributed by atoms with van der Waals surface area (Å²) < 4.78 is 0. The van der Waals surface area contributed by atoms with Gasteiger partial charge in [0.15, 0.2) is 0 Å². The number of benzene rings is 1. The first-order valence-corrected chi connectivity index (χ1v) is 4.69. The maximum atomic E-state index is 11.5. The van der Waals surface area contributed by atoms with Crippen molar-refractivity contribution in [1.29, 1.82) is 0 Å². The van der Waals surface area contributed by atoms with Gasteiger partial charge in [0.05, 0.1) is 17.2 Å². The predicted octanol–water partition coefficient (Wildman–Crippen LogP) is 1.45. The van der Waals surface area contributed by atoms with Gasteiger partial charge in [-0.05, 0) is 19.1 Å². The SMILES string of the molecule is C[C@@H](CO)NC(=O)c1ccccc1Cl. The molecule has 0 aliphatic heterocycles. The number of aliphatic hydroxyl groups excluding tert-OH is 1. The molecule has 1 rings (SSSR count). The van der Waals surface area contributed by atoms with Crippen molar-refractivity contribution in [3.8, 4) is 0 Å². The lowest BCUT2D eigenvalue weighted by atomic mass is 10.2. The van der Waals surface area contributed by atoms with Crippen LogP contribution in [-0.2, 0) is 0 Å². The summed E-state index contributed by atoms with van der Waals surface area (Å²) in [6, 6.07) is 6.53. The molecule has 0 aromatic heterocycles. The highest BCUT2D eigenvalue weighted by molar-refractivity contribution is 6.33. The second-order valence-corrected chi connectivity index (χ2v) is 3.44. The first-order valence-electron chi connectivity index (χ1n) is 4.31. The lowest BCUT2D eigenvalue weighted by Gasteiger charge is -2.11. The number of hydrogen-bond donors (Lipinski definition) is 2. The van der Waals surface area contributed by atoms with Gasteiger partial charge in [-0.25, -0.2) is 0 Å². The van der Waals surface area contributed by atoms with Gasteiger partial charge in [-0.15, -0.1) is 0 Å². The zero-order valence-electron chi connectivity index (χ0n) is 7.83. The summed E-state index contributed by atoms with van der Waals surface area (Å²) >= 11 is 5.82. The Morgan fingerprint density at radius 3 is 2.79 bits per heavy atom. The van der Waals surface area contributed by atoms with Gasteiger partial charge in [-0.3, -0.25) is 4.79 Å². The molecule has 0 unspecified atom stereocenters. The minimum Gasteiger partial charge on any atom is -0.394 e. The zero-order chi connectivity index (χ0) is 10.6. The normalized spacial score (nSPS) is 12.2. The number of halogens is 1. The highest BCUT2D eigenvalue weighted by Crippen LogP contribution is 2.14. The van der Waals surface area contributed by atoms with Crippen LogP contribution in [0.25, 0.3) is 0 Å². The van der Waals surface area contributed by atoms with Gasteiger partial charge in [0.25, 0.3) is 5.91 Å². The van der Waals surface area contributed by atoms with E-state index in [9.17, 15) is 4.79 Å². The van der Waals surface area contributed by atoms with Crippen molar-refractivity contribution in [3.05, 3.63) is 34.9 Å². The maximum Gasteiger partial charge on any atom is 0.253 e. The van der Waals surface area contributed by atoms with Gasteiger partial charge in [0, 0.05) is 6.04 Å². The molecule has 1 amide bonds. The molecule has 0 aliphatic rings. The summed E-state index contributed by atoms with van der Waals surface area (Å²) in [6.07, 6.45) is 0. The number of carbonyl (C=O) groups excluding carboxylic acids is 1. The molecule has 4 heteroatoms. The van der Waals surface area contributed by atoms with Gasteiger partial charge in [0.2, 0.25) is 0 Å². The monoisotopic (exact) mass is 213 g/mol. The molecule has 0 fully saturated rings. The second-order valence-electron chi connectivity index (χ2n) is 3.04. The van der Waals surface area contributed by atoms with Crippen LogP contribution in [0.15, 0.2) is 24.3 Å². The van der Waals surface area contributed by atoms with E-state index in [0.29, 0.717) is 10.6 Å². The summed E-state index contributed by atoms with van der Waals surface area (Å²) in [5.74, 6) is -0.267. The van der Waals surface area contributed by atoms with Crippen molar-refractivity contribution in [2.75, 3.05) is 6.61 Å². The molecule has 0 spiro atoms. The zero-order valence-corrected chi connectivity index (χ0v) is 8.58. The van der Waals surface area contributed by atoms with Crippen LogP contribution in [-0.4, -0.2) is 23.7 Å². The Balaban J connectivity index is 2.75. The van der Waals surface area contributed by atoms with Crippen LogP contribution in [0.3, 0.4) is 0 Å². The third kappa shape index (κ3) is 2.72. The molecule has 1 aromatic rings. The third-order valence-electron chi connectivity index (χ3n) is 1.77. The fourth-order valence-corrected chi connectivity index (χ4v) is 1.21. The molecule has 0 heterocycles. The van der Waals surface area contributed by atoms with E-state index in [2.05, 4.69) is 5.32 Å². The number of carbonyl (C=O) groups is 1. The number of hydrogen-bond acceptors (Lipinski definition) is 2. The Hall–Kier alpha value is -1.06. The number of amides is 1. The molecule has 0 saturated heterocycles. The molecule has 3 nitrogen and oxygen atoms in total. The van der Waals surface area contributed by atoms with E-state index in [1.54, 1.807) is 31.2 Å². The van der Waals surface area contributed by atoms with E-state index in [0.717, 1.165) is 0 Å². The van der Waals surface area contributed by atoms with E-state index < -0.39 is 0 Å². The first kappa shape index (κ1) is 11.0. The predicted molar refractivity (Wildman–Crippen MR) is 55.5 cm³/mol. The topological polar surface area (TPSA) is 49.3 Å². The Morgan fingerprint density at radius 2 is 2.21 bits per heavy atom. The summed E-state index contributed by atoms with van der Waals surface area (Å²) in [4.78, 5) is 11.5. The van der Waals surface area contributed by atoms with Crippen LogP contribution in [0.2, 0.25) is 5.02 Å². The Labute approximate surface area is 87.7 Å². The van der Waals surface area contributed by atoms with Gasteiger partial charge in [-0.2, -0.15) is 0 Å². The summed E-state index contributed by atoms with van der Waals surface area (Å²) in [6.45, 7) is 1.63. The number of aliphatic hydroxyl groups is 1. The summed E-state index contributed by atoms with van der Waals surface area (Å²) in [5, 5.41) is 11.8. The minimum atomic E-state index is -0.267. The summed E-state index contributed by atoms with van der Waals surface area (Å²) in [7, 11) is 0. The third-order valence-corrected chi connectivity index (χ3v) is 2.10. The van der Waals surface area contributed by atoms with E-state index in [4.69, 9.17) is 16.7 Å². The maximum absolute atomic E-state index is 11.5. The largest absolute Gasteiger partial charge is 0.394 e. The van der Waals surface area contributed by atoms with Crippen molar-refractivity contribution >= 4 is 17.5 Å². The molecule has 2 N–H and O–H groups in total. The highest BCUT2D eigenvalue weighted by atomic mass is 35.5. The second kappa shape index (κ2) is 4.98. The van der Waals surface area contributed by atoms with Crippen LogP contribution >= 0.6 is 11.6 Å². The number of nitrogens with one attached hydrogen (secondary N) is 1. The van der Waals surface area contributed by atoms with Gasteiger partial charge >= 0.3 is 0 Å². The summed E-state index contributed by atoms with van der Waals surface area (Å²) in [5.41, 5.74) is 0.425. The van der Waals surface area contributed by atoms with Crippen molar-refractivity contribution in [3.63, 3.8) is 0 Å². The van der Waals surface area contributed by atoms with E-state index in [1.165, 1.54) is 0 Å². The Morgan fingerprint density at radius 1 is 1.57 bits per heavy atom. The van der Waals surface area contributed by atoms with Gasteiger partial charge < -0.3 is 10.4 Å².